The van der Waals surface area contributed by atoms with E-state index in [1.807, 2.05) is 49.4 Å². The van der Waals surface area contributed by atoms with Crippen LogP contribution in [0.15, 0.2) is 67.0 Å². The Kier molecular flexibility index (Phi) is 8.69. The summed E-state index contributed by atoms with van der Waals surface area (Å²) in [5, 5.41) is 12.7. The Bertz CT molecular complexity index is 1440. The first-order valence-electron chi connectivity index (χ1n) is 12.5. The van der Waals surface area contributed by atoms with E-state index in [0.29, 0.717) is 16.0 Å². The van der Waals surface area contributed by atoms with E-state index in [9.17, 15) is 14.0 Å². The molecular weight excluding hydrogens is 505 g/mol. The summed E-state index contributed by atoms with van der Waals surface area (Å²) in [6.07, 6.45) is 2.98. The van der Waals surface area contributed by atoms with E-state index >= 15 is 0 Å². The molecule has 0 aliphatic rings. The molecule has 2 N–H and O–H groups in total. The lowest BCUT2D eigenvalue weighted by molar-refractivity contribution is -0.136. The maximum atomic E-state index is 14.9. The van der Waals surface area contributed by atoms with E-state index in [2.05, 4.69) is 22.2 Å². The number of hydrogen-bond acceptors (Lipinski definition) is 4. The van der Waals surface area contributed by atoms with Crippen LogP contribution < -0.4 is 5.32 Å². The molecule has 3 aromatic carbocycles. The number of aryl methyl sites for hydroxylation is 1. The van der Waals surface area contributed by atoms with Gasteiger partial charge < -0.3 is 10.4 Å². The topological polar surface area (TPSA) is 92.2 Å². The molecule has 1 aromatic heterocycles. The molecule has 4 rings (SSSR count). The van der Waals surface area contributed by atoms with Crippen molar-refractivity contribution in [1.29, 1.82) is 0 Å². The van der Waals surface area contributed by atoms with E-state index < -0.39 is 5.97 Å². The van der Waals surface area contributed by atoms with E-state index in [1.54, 1.807) is 12.1 Å². The van der Waals surface area contributed by atoms with Crippen LogP contribution in [0.5, 0.6) is 0 Å². The second-order valence-corrected chi connectivity index (χ2v) is 9.78. The SMILES string of the molecule is CCC[C@H](c1ccc(C(=O)NCCC(=O)O)cc1)[C@H](c1ccc(Cl)cc1)c1ncnc2c(F)cc(C)cc12. The molecule has 1 heterocycles. The molecule has 0 fully saturated rings. The Hall–Kier alpha value is -3.84. The van der Waals surface area contributed by atoms with Crippen molar-refractivity contribution in [3.05, 3.63) is 106 Å². The second kappa shape index (κ2) is 12.1. The Labute approximate surface area is 225 Å². The lowest BCUT2D eigenvalue weighted by atomic mass is 9.76. The second-order valence-electron chi connectivity index (χ2n) is 9.35. The molecule has 6 nitrogen and oxygen atoms in total. The number of carboxylic acids is 1. The molecule has 0 saturated heterocycles. The van der Waals surface area contributed by atoms with Gasteiger partial charge in [-0.3, -0.25) is 9.59 Å². The third-order valence-electron chi connectivity index (χ3n) is 6.62. The lowest BCUT2D eigenvalue weighted by Gasteiger charge is -2.29. The lowest BCUT2D eigenvalue weighted by Crippen LogP contribution is -2.26. The van der Waals surface area contributed by atoms with Gasteiger partial charge in [0.25, 0.3) is 5.91 Å². The predicted molar refractivity (Wildman–Crippen MR) is 146 cm³/mol. The third-order valence-corrected chi connectivity index (χ3v) is 6.87. The van der Waals surface area contributed by atoms with E-state index in [4.69, 9.17) is 16.7 Å². The van der Waals surface area contributed by atoms with Crippen LogP contribution in [0.2, 0.25) is 5.02 Å². The van der Waals surface area contributed by atoms with E-state index in [-0.39, 0.29) is 42.0 Å². The molecule has 0 aliphatic carbocycles. The Balaban J connectivity index is 1.79. The highest BCUT2D eigenvalue weighted by atomic mass is 35.5. The number of aromatic nitrogens is 2. The number of fused-ring (bicyclic) bond motifs is 1. The predicted octanol–water partition coefficient (Wildman–Crippen LogP) is 6.65. The molecule has 0 saturated carbocycles. The largest absolute Gasteiger partial charge is 0.481 e. The van der Waals surface area contributed by atoms with Gasteiger partial charge >= 0.3 is 5.97 Å². The number of nitrogens with one attached hydrogen (secondary N) is 1. The van der Waals surface area contributed by atoms with Gasteiger partial charge in [0.2, 0.25) is 0 Å². The van der Waals surface area contributed by atoms with Gasteiger partial charge in [0.15, 0.2) is 0 Å². The fourth-order valence-electron chi connectivity index (χ4n) is 4.88. The fraction of sp³-hybridized carbons (Fsp3) is 0.267. The summed E-state index contributed by atoms with van der Waals surface area (Å²) in [5.74, 6) is -1.94. The number of carbonyl (C=O) groups is 2. The normalized spacial score (nSPS) is 12.7. The van der Waals surface area contributed by atoms with Crippen LogP contribution >= 0.6 is 11.6 Å². The summed E-state index contributed by atoms with van der Waals surface area (Å²) in [6.45, 7) is 4.02. The minimum absolute atomic E-state index is 0.0352. The standard InChI is InChI=1S/C30H29ClFN3O3/c1-3-4-23(19-5-7-21(8-6-19)30(38)33-14-13-26(36)37)27(20-9-11-22(31)12-10-20)29-24-15-18(2)16-25(32)28(24)34-17-35-29/h5-12,15-17,23,27H,3-4,13-14H2,1-2H3,(H,33,38)(H,36,37)/t23-,27+/m1/s1. The molecule has 196 valence electrons. The zero-order valence-electron chi connectivity index (χ0n) is 21.2. The summed E-state index contributed by atoms with van der Waals surface area (Å²) in [6, 6.07) is 18.3. The van der Waals surface area contributed by atoms with Crippen LogP contribution in [0, 0.1) is 12.7 Å². The monoisotopic (exact) mass is 533 g/mol. The number of rotatable bonds is 10. The van der Waals surface area contributed by atoms with Crippen LogP contribution in [0.3, 0.4) is 0 Å². The van der Waals surface area contributed by atoms with Crippen LogP contribution in [0.25, 0.3) is 10.9 Å². The van der Waals surface area contributed by atoms with Crippen molar-refractivity contribution in [2.45, 2.75) is 44.9 Å². The van der Waals surface area contributed by atoms with Crippen LogP contribution in [-0.4, -0.2) is 33.5 Å². The zero-order chi connectivity index (χ0) is 27.2. The molecule has 8 heteroatoms. The maximum absolute atomic E-state index is 14.9. The zero-order valence-corrected chi connectivity index (χ0v) is 22.0. The first-order valence-corrected chi connectivity index (χ1v) is 12.9. The number of carbonyl (C=O) groups excluding carboxylic acids is 1. The van der Waals surface area contributed by atoms with Crippen molar-refractivity contribution in [2.75, 3.05) is 6.54 Å². The minimum Gasteiger partial charge on any atom is -0.481 e. The van der Waals surface area contributed by atoms with Crippen molar-refractivity contribution < 1.29 is 19.1 Å². The summed E-state index contributed by atoms with van der Waals surface area (Å²) >= 11 is 6.21. The van der Waals surface area contributed by atoms with E-state index in [0.717, 1.165) is 35.2 Å². The van der Waals surface area contributed by atoms with Gasteiger partial charge in [0.1, 0.15) is 17.7 Å². The maximum Gasteiger partial charge on any atom is 0.305 e. The molecule has 0 spiro atoms. The Morgan fingerprint density at radius 2 is 1.71 bits per heavy atom. The van der Waals surface area contributed by atoms with Gasteiger partial charge in [-0.05, 0) is 72.4 Å². The van der Waals surface area contributed by atoms with Gasteiger partial charge in [0.05, 0.1) is 12.1 Å². The highest BCUT2D eigenvalue weighted by molar-refractivity contribution is 6.30. The molecule has 1 amide bonds. The van der Waals surface area contributed by atoms with Crippen molar-refractivity contribution in [2.24, 2.45) is 0 Å². The number of benzene rings is 3. The number of aliphatic carboxylic acids is 1. The summed E-state index contributed by atoms with van der Waals surface area (Å²) in [7, 11) is 0. The van der Waals surface area contributed by atoms with Crippen LogP contribution in [-0.2, 0) is 4.79 Å². The first kappa shape index (κ1) is 27.2. The van der Waals surface area contributed by atoms with Gasteiger partial charge in [-0.2, -0.15) is 0 Å². The van der Waals surface area contributed by atoms with E-state index in [1.165, 1.54) is 12.4 Å². The summed E-state index contributed by atoms with van der Waals surface area (Å²) in [5.41, 5.74) is 4.24. The Morgan fingerprint density at radius 3 is 2.37 bits per heavy atom. The van der Waals surface area contributed by atoms with Gasteiger partial charge in [-0.1, -0.05) is 49.2 Å². The fourth-order valence-corrected chi connectivity index (χ4v) is 5.01. The van der Waals surface area contributed by atoms with Crippen LogP contribution in [0.4, 0.5) is 4.39 Å². The average molecular weight is 534 g/mol. The molecular formula is C30H29ClFN3O3. The van der Waals surface area contributed by atoms with Crippen molar-refractivity contribution >= 4 is 34.4 Å². The molecule has 2 atom stereocenters. The average Bonchev–Trinajstić information content (AvgIpc) is 2.89. The van der Waals surface area contributed by atoms with Gasteiger partial charge in [-0.25, -0.2) is 14.4 Å². The quantitative estimate of drug-likeness (QED) is 0.238. The number of amides is 1. The van der Waals surface area contributed by atoms with Gasteiger partial charge in [0, 0.05) is 28.4 Å². The molecule has 0 unspecified atom stereocenters. The molecule has 0 radical (unpaired) electrons. The highest BCUT2D eigenvalue weighted by Crippen LogP contribution is 2.43. The summed E-state index contributed by atoms with van der Waals surface area (Å²) < 4.78 is 14.9. The number of carboxylic acid groups (broad SMARTS) is 1. The molecule has 0 bridgehead atoms. The first-order chi connectivity index (χ1) is 18.3. The van der Waals surface area contributed by atoms with Gasteiger partial charge in [-0.15, -0.1) is 0 Å². The number of nitrogens with zero attached hydrogens (tertiary/aromatic N) is 2. The van der Waals surface area contributed by atoms with Crippen LogP contribution in [0.1, 0.15) is 70.8 Å². The minimum atomic E-state index is -0.969. The summed E-state index contributed by atoms with van der Waals surface area (Å²) in [4.78, 5) is 32.1. The van der Waals surface area contributed by atoms with Crippen molar-refractivity contribution in [3.63, 3.8) is 0 Å². The highest BCUT2D eigenvalue weighted by Gasteiger charge is 2.29. The molecule has 4 aromatic rings. The molecule has 0 aliphatic heterocycles. The number of hydrogen-bond donors (Lipinski definition) is 2. The molecule has 38 heavy (non-hydrogen) atoms. The Morgan fingerprint density at radius 1 is 1.03 bits per heavy atom. The van der Waals surface area contributed by atoms with Crippen molar-refractivity contribution in [3.8, 4) is 0 Å². The smallest absolute Gasteiger partial charge is 0.305 e. The van der Waals surface area contributed by atoms with Crippen molar-refractivity contribution in [1.82, 2.24) is 15.3 Å². The third kappa shape index (κ3) is 6.17. The number of halogens is 2.